The monoisotopic (exact) mass is 647 g/mol. The van der Waals surface area contributed by atoms with Crippen LogP contribution in [-0.2, 0) is 20.9 Å². The Kier molecular flexibility index (Phi) is 11.1. The number of carbonyl (C=O) groups excluding carboxylic acids is 3. The molecule has 3 saturated heterocycles. The van der Waals surface area contributed by atoms with E-state index in [0.29, 0.717) is 12.0 Å². The lowest BCUT2D eigenvalue weighted by atomic mass is 10.1. The smallest absolute Gasteiger partial charge is 0.408 e. The molecule has 5 rings (SSSR count). The average molecular weight is 648 g/mol. The average Bonchev–Trinajstić information content (AvgIpc) is 3.66. The number of nitrogens with zero attached hydrogens (tertiary/aromatic N) is 3. The molecule has 12 heteroatoms. The van der Waals surface area contributed by atoms with Crippen LogP contribution < -0.4 is 10.6 Å². The molecule has 47 heavy (non-hydrogen) atoms. The molecule has 4 amide bonds. The molecule has 0 aromatic heterocycles. The Labute approximate surface area is 274 Å². The number of ether oxygens (including phenoxy) is 1. The Morgan fingerprint density at radius 1 is 0.936 bits per heavy atom. The number of hydrogen-bond acceptors (Lipinski definition) is 6. The van der Waals surface area contributed by atoms with E-state index >= 15 is 0 Å². The molecule has 3 N–H and O–H groups in total. The molecule has 4 atom stereocenters. The maximum absolute atomic E-state index is 13.9. The van der Waals surface area contributed by atoms with E-state index in [9.17, 15) is 28.7 Å². The second-order valence-electron chi connectivity index (χ2n) is 12.6. The third kappa shape index (κ3) is 8.87. The van der Waals surface area contributed by atoms with Crippen LogP contribution in [0.5, 0.6) is 0 Å². The van der Waals surface area contributed by atoms with Crippen LogP contribution in [0.4, 0.5) is 9.18 Å². The fourth-order valence-electron chi connectivity index (χ4n) is 6.23. The van der Waals surface area contributed by atoms with Crippen LogP contribution >= 0.6 is 0 Å². The molecule has 0 aliphatic carbocycles. The summed E-state index contributed by atoms with van der Waals surface area (Å²) in [4.78, 5) is 55.2. The maximum Gasteiger partial charge on any atom is 0.408 e. The summed E-state index contributed by atoms with van der Waals surface area (Å²) in [5, 5.41) is 15.1. The van der Waals surface area contributed by atoms with Gasteiger partial charge in [-0.15, -0.1) is 0 Å². The first-order valence-corrected chi connectivity index (χ1v) is 16.1. The van der Waals surface area contributed by atoms with E-state index in [1.807, 2.05) is 12.1 Å². The van der Waals surface area contributed by atoms with Gasteiger partial charge in [0.25, 0.3) is 5.91 Å². The summed E-state index contributed by atoms with van der Waals surface area (Å²) in [6.45, 7) is 7.90. The Hall–Kier alpha value is -4.47. The number of morpholine rings is 1. The summed E-state index contributed by atoms with van der Waals surface area (Å²) in [7, 11) is 0. The molecule has 3 fully saturated rings. The van der Waals surface area contributed by atoms with Crippen LogP contribution in [0, 0.1) is 17.8 Å². The van der Waals surface area contributed by atoms with Crippen LogP contribution in [0.25, 0.3) is 0 Å². The Balaban J connectivity index is 1.14. The van der Waals surface area contributed by atoms with Crippen molar-refractivity contribution in [1.82, 2.24) is 25.3 Å². The number of alkyl halides is 1. The van der Waals surface area contributed by atoms with Crippen molar-refractivity contribution in [2.75, 3.05) is 45.9 Å². The number of amides is 4. The van der Waals surface area contributed by atoms with Gasteiger partial charge < -0.3 is 25.4 Å². The van der Waals surface area contributed by atoms with Gasteiger partial charge in [0.1, 0.15) is 12.2 Å². The summed E-state index contributed by atoms with van der Waals surface area (Å²) < 4.78 is 19.3. The van der Waals surface area contributed by atoms with E-state index < -0.39 is 30.3 Å². The minimum atomic E-state index is -1.41. The predicted molar refractivity (Wildman–Crippen MR) is 172 cm³/mol. The van der Waals surface area contributed by atoms with Gasteiger partial charge in [0, 0.05) is 67.8 Å². The summed E-state index contributed by atoms with van der Waals surface area (Å²) in [5.41, 5.74) is 3.35. The van der Waals surface area contributed by atoms with E-state index in [0.717, 1.165) is 48.9 Å². The highest BCUT2D eigenvalue weighted by atomic mass is 19.1. The highest BCUT2D eigenvalue weighted by molar-refractivity contribution is 5.94. The van der Waals surface area contributed by atoms with Crippen LogP contribution in [0.3, 0.4) is 0 Å². The first kappa shape index (κ1) is 33.9. The molecule has 11 nitrogen and oxygen atoms in total. The molecule has 250 valence electrons. The SMILES string of the molecule is CC(C)C(=O)N1C[C@H](NC(=O)[C@@H]2C[C@H](F)CN2C(=O)O)C[C@@H]1CNC(=O)c1ccc(C#Cc2ccc(CN3CCOCC3)cc2)cc1. The third-order valence-electron chi connectivity index (χ3n) is 8.80. The number of likely N-dealkylation sites (tertiary alicyclic amines) is 2. The van der Waals surface area contributed by atoms with Crippen molar-refractivity contribution >= 4 is 23.8 Å². The van der Waals surface area contributed by atoms with Gasteiger partial charge in [-0.05, 0) is 48.4 Å². The summed E-state index contributed by atoms with van der Waals surface area (Å²) in [6, 6.07) is 13.2. The van der Waals surface area contributed by atoms with Gasteiger partial charge in [-0.2, -0.15) is 0 Å². The zero-order chi connectivity index (χ0) is 33.5. The zero-order valence-corrected chi connectivity index (χ0v) is 26.8. The molecule has 0 saturated carbocycles. The van der Waals surface area contributed by atoms with E-state index in [1.54, 1.807) is 43.0 Å². The van der Waals surface area contributed by atoms with Crippen LogP contribution in [0.1, 0.15) is 53.7 Å². The normalized spacial score (nSPS) is 22.9. The molecule has 3 aliphatic rings. The molecule has 0 radical (unpaired) electrons. The van der Waals surface area contributed by atoms with Crippen molar-refractivity contribution in [3.8, 4) is 11.8 Å². The molecule has 3 aliphatic heterocycles. The minimum Gasteiger partial charge on any atom is -0.465 e. The number of halogens is 1. The van der Waals surface area contributed by atoms with Crippen LogP contribution in [0.15, 0.2) is 48.5 Å². The van der Waals surface area contributed by atoms with Gasteiger partial charge in [0.2, 0.25) is 11.8 Å². The number of rotatable bonds is 8. The molecule has 3 heterocycles. The first-order chi connectivity index (χ1) is 22.6. The van der Waals surface area contributed by atoms with E-state index in [-0.39, 0.29) is 49.8 Å². The molecule has 0 bridgehead atoms. The number of benzene rings is 2. The summed E-state index contributed by atoms with van der Waals surface area (Å²) in [6.07, 6.45) is -2.59. The molecule has 0 spiro atoms. The lowest BCUT2D eigenvalue weighted by Crippen LogP contribution is -2.49. The van der Waals surface area contributed by atoms with Crippen LogP contribution in [0.2, 0.25) is 0 Å². The first-order valence-electron chi connectivity index (χ1n) is 16.1. The largest absolute Gasteiger partial charge is 0.465 e. The topological polar surface area (TPSA) is 132 Å². The minimum absolute atomic E-state index is 0.118. The van der Waals surface area contributed by atoms with E-state index in [1.165, 1.54) is 5.56 Å². The molecular weight excluding hydrogens is 605 g/mol. The van der Waals surface area contributed by atoms with Gasteiger partial charge in [0.15, 0.2) is 0 Å². The van der Waals surface area contributed by atoms with Crippen molar-refractivity contribution < 1.29 is 33.4 Å². The second kappa shape index (κ2) is 15.4. The molecular formula is C35H42FN5O6. The predicted octanol–water partition coefficient (Wildman–Crippen LogP) is 2.48. The Bertz CT molecular complexity index is 1500. The zero-order valence-electron chi connectivity index (χ0n) is 26.8. The lowest BCUT2D eigenvalue weighted by Gasteiger charge is -2.26. The lowest BCUT2D eigenvalue weighted by molar-refractivity contribution is -0.135. The summed E-state index contributed by atoms with van der Waals surface area (Å²) >= 11 is 0. The van der Waals surface area contributed by atoms with Gasteiger partial charge in [-0.25, -0.2) is 9.18 Å². The molecule has 0 unspecified atom stereocenters. The fourth-order valence-corrected chi connectivity index (χ4v) is 6.23. The van der Waals surface area contributed by atoms with E-state index in [2.05, 4.69) is 39.5 Å². The van der Waals surface area contributed by atoms with Gasteiger partial charge in [0.05, 0.1) is 25.8 Å². The number of nitrogens with one attached hydrogen (secondary N) is 2. The fraction of sp³-hybridized carbons (Fsp3) is 0.486. The van der Waals surface area contributed by atoms with Gasteiger partial charge >= 0.3 is 6.09 Å². The molecule has 2 aromatic carbocycles. The maximum atomic E-state index is 13.9. The van der Waals surface area contributed by atoms with Gasteiger partial charge in [-0.3, -0.25) is 24.2 Å². The van der Waals surface area contributed by atoms with E-state index in [4.69, 9.17) is 4.74 Å². The Morgan fingerprint density at radius 2 is 1.57 bits per heavy atom. The van der Waals surface area contributed by atoms with Crippen molar-refractivity contribution in [2.24, 2.45) is 5.92 Å². The highest BCUT2D eigenvalue weighted by Gasteiger charge is 2.42. The standard InChI is InChI=1S/C35H42FN5O6/c1-23(2)34(44)40-22-29(38-33(43)31-17-28(36)21-41(31)35(45)46)18-30(40)19-37-32(42)27-11-9-25(10-12-27)4-3-24-5-7-26(8-6-24)20-39-13-15-47-16-14-39/h5-12,23,28-31H,13-22H2,1-2H3,(H,37,42)(H,38,43)(H,45,46)/t28-,29+,30+,31-/m0/s1. The number of carboxylic acid groups (broad SMARTS) is 1. The quantitative estimate of drug-likeness (QED) is 0.376. The van der Waals surface area contributed by atoms with Crippen LogP contribution in [-0.4, -0.2) is 114 Å². The Morgan fingerprint density at radius 3 is 2.19 bits per heavy atom. The van der Waals surface area contributed by atoms with Crippen molar-refractivity contribution in [3.63, 3.8) is 0 Å². The highest BCUT2D eigenvalue weighted by Crippen LogP contribution is 2.24. The van der Waals surface area contributed by atoms with Crippen molar-refractivity contribution in [1.29, 1.82) is 0 Å². The van der Waals surface area contributed by atoms with Gasteiger partial charge in [-0.1, -0.05) is 37.8 Å². The second-order valence-corrected chi connectivity index (χ2v) is 12.6. The number of carbonyl (C=O) groups is 4. The third-order valence-corrected chi connectivity index (χ3v) is 8.80. The summed E-state index contributed by atoms with van der Waals surface area (Å²) in [5.74, 6) is 5.01. The van der Waals surface area contributed by atoms with Crippen molar-refractivity contribution in [3.05, 3.63) is 70.8 Å². The molecule has 2 aromatic rings. The number of hydrogen-bond donors (Lipinski definition) is 3. The van der Waals surface area contributed by atoms with Crippen molar-refractivity contribution in [2.45, 2.75) is 57.5 Å².